The molecule has 0 fully saturated rings. The Morgan fingerprint density at radius 1 is 1.31 bits per heavy atom. The molecule has 0 N–H and O–H groups in total. The Bertz CT molecular complexity index is 391. The fourth-order valence-electron chi connectivity index (χ4n) is 1.16. The van der Waals surface area contributed by atoms with Crippen LogP contribution in [0.3, 0.4) is 0 Å². The van der Waals surface area contributed by atoms with Crippen LogP contribution in [0.15, 0.2) is 29.1 Å². The van der Waals surface area contributed by atoms with Crippen molar-refractivity contribution in [1.82, 2.24) is 10.1 Å². The number of aryl methyl sites for hydroxylation is 1. The predicted molar refractivity (Wildman–Crippen MR) is 44.4 cm³/mol. The number of benzene rings is 1. The van der Waals surface area contributed by atoms with Gasteiger partial charge in [0.25, 0.3) is 0 Å². The normalized spacial score (nSPS) is 10.3. The van der Waals surface area contributed by atoms with E-state index in [-0.39, 0.29) is 5.82 Å². The lowest BCUT2D eigenvalue weighted by atomic mass is 10.1. The molecule has 13 heavy (non-hydrogen) atoms. The van der Waals surface area contributed by atoms with Crippen molar-refractivity contribution in [3.63, 3.8) is 0 Å². The zero-order valence-electron chi connectivity index (χ0n) is 6.99. The van der Waals surface area contributed by atoms with Crippen molar-refractivity contribution >= 4 is 0 Å². The molecule has 66 valence electrons. The van der Waals surface area contributed by atoms with E-state index in [9.17, 15) is 4.39 Å². The molecule has 0 atom stereocenters. The van der Waals surface area contributed by atoms with Crippen LogP contribution in [-0.2, 0) is 0 Å². The fraction of sp³-hybridized carbons (Fsp3) is 0.111. The molecule has 0 bridgehead atoms. The Kier molecular flexibility index (Phi) is 1.81. The lowest BCUT2D eigenvalue weighted by Crippen LogP contribution is -1.84. The highest BCUT2D eigenvalue weighted by atomic mass is 19.1. The summed E-state index contributed by atoms with van der Waals surface area (Å²) in [5.41, 5.74) is 1.46. The number of hydrogen-bond donors (Lipinski definition) is 0. The number of hydrogen-bond acceptors (Lipinski definition) is 3. The molecular weight excluding hydrogens is 171 g/mol. The molecule has 1 aromatic heterocycles. The molecular formula is C9H7FN2O. The van der Waals surface area contributed by atoms with Crippen molar-refractivity contribution in [3.8, 4) is 11.4 Å². The van der Waals surface area contributed by atoms with Gasteiger partial charge >= 0.3 is 0 Å². The van der Waals surface area contributed by atoms with E-state index >= 15 is 0 Å². The first-order valence-corrected chi connectivity index (χ1v) is 3.79. The van der Waals surface area contributed by atoms with Gasteiger partial charge in [-0.15, -0.1) is 0 Å². The van der Waals surface area contributed by atoms with E-state index < -0.39 is 0 Å². The third kappa shape index (κ3) is 1.56. The van der Waals surface area contributed by atoms with Crippen LogP contribution in [0.4, 0.5) is 4.39 Å². The van der Waals surface area contributed by atoms with Gasteiger partial charge in [0.05, 0.1) is 0 Å². The van der Waals surface area contributed by atoms with Crippen molar-refractivity contribution in [3.05, 3.63) is 36.0 Å². The molecule has 2 rings (SSSR count). The van der Waals surface area contributed by atoms with Crippen LogP contribution in [-0.4, -0.2) is 10.1 Å². The van der Waals surface area contributed by atoms with Crippen LogP contribution in [0.1, 0.15) is 5.56 Å². The van der Waals surface area contributed by atoms with Gasteiger partial charge in [0.2, 0.25) is 12.2 Å². The van der Waals surface area contributed by atoms with Crippen molar-refractivity contribution in [2.45, 2.75) is 6.92 Å². The minimum Gasteiger partial charge on any atom is -0.342 e. The van der Waals surface area contributed by atoms with Gasteiger partial charge in [-0.3, -0.25) is 0 Å². The summed E-state index contributed by atoms with van der Waals surface area (Å²) >= 11 is 0. The van der Waals surface area contributed by atoms with Crippen LogP contribution < -0.4 is 0 Å². The average molecular weight is 178 g/mol. The first-order valence-electron chi connectivity index (χ1n) is 3.79. The third-order valence-electron chi connectivity index (χ3n) is 1.66. The monoisotopic (exact) mass is 178 g/mol. The van der Waals surface area contributed by atoms with Crippen molar-refractivity contribution in [2.24, 2.45) is 0 Å². The lowest BCUT2D eigenvalue weighted by Gasteiger charge is -1.97. The zero-order chi connectivity index (χ0) is 9.26. The number of rotatable bonds is 1. The Hall–Kier alpha value is -1.71. The third-order valence-corrected chi connectivity index (χ3v) is 1.66. The molecule has 1 heterocycles. The smallest absolute Gasteiger partial charge is 0.214 e. The second-order valence-electron chi connectivity index (χ2n) is 2.77. The summed E-state index contributed by atoms with van der Waals surface area (Å²) in [6.45, 7) is 1.81. The highest BCUT2D eigenvalue weighted by molar-refractivity contribution is 5.55. The molecule has 3 nitrogen and oxygen atoms in total. The largest absolute Gasteiger partial charge is 0.342 e. The summed E-state index contributed by atoms with van der Waals surface area (Å²) in [4.78, 5) is 3.82. The van der Waals surface area contributed by atoms with E-state index in [0.717, 1.165) is 5.56 Å². The Morgan fingerprint density at radius 2 is 2.15 bits per heavy atom. The van der Waals surface area contributed by atoms with Gasteiger partial charge in [0.1, 0.15) is 5.82 Å². The standard InChI is InChI=1S/C9H7FN2O/c1-6-2-7(4-8(10)3-6)9-11-5-13-12-9/h2-5H,1H3. The van der Waals surface area contributed by atoms with Crippen LogP contribution in [0, 0.1) is 12.7 Å². The SMILES string of the molecule is Cc1cc(F)cc(-c2ncon2)c1. The van der Waals surface area contributed by atoms with E-state index in [1.807, 2.05) is 6.92 Å². The molecule has 0 saturated heterocycles. The predicted octanol–water partition coefficient (Wildman–Crippen LogP) is 2.18. The molecule has 0 saturated carbocycles. The second-order valence-corrected chi connectivity index (χ2v) is 2.77. The van der Waals surface area contributed by atoms with Gasteiger partial charge < -0.3 is 4.52 Å². The molecule has 0 aliphatic heterocycles. The summed E-state index contributed by atoms with van der Waals surface area (Å²) in [7, 11) is 0. The average Bonchev–Trinajstić information content (AvgIpc) is 2.53. The summed E-state index contributed by atoms with van der Waals surface area (Å²) in [5, 5.41) is 3.62. The summed E-state index contributed by atoms with van der Waals surface area (Å²) in [5.74, 6) is 0.113. The first kappa shape index (κ1) is 7.91. The van der Waals surface area contributed by atoms with Gasteiger partial charge in [-0.25, -0.2) is 4.39 Å². The van der Waals surface area contributed by atoms with Crippen LogP contribution in [0.25, 0.3) is 11.4 Å². The van der Waals surface area contributed by atoms with Crippen LogP contribution >= 0.6 is 0 Å². The van der Waals surface area contributed by atoms with Gasteiger partial charge in [-0.05, 0) is 30.7 Å². The van der Waals surface area contributed by atoms with Gasteiger partial charge in [0, 0.05) is 5.56 Å². The van der Waals surface area contributed by atoms with E-state index in [0.29, 0.717) is 11.4 Å². The summed E-state index contributed by atoms with van der Waals surface area (Å²) in [6.07, 6.45) is 1.22. The molecule has 1 aromatic carbocycles. The topological polar surface area (TPSA) is 38.9 Å². The van der Waals surface area contributed by atoms with Crippen molar-refractivity contribution in [1.29, 1.82) is 0 Å². The quantitative estimate of drug-likeness (QED) is 0.671. The van der Waals surface area contributed by atoms with Crippen LogP contribution in [0.2, 0.25) is 0 Å². The molecule has 0 radical (unpaired) electrons. The van der Waals surface area contributed by atoms with E-state index in [1.54, 1.807) is 6.07 Å². The molecule has 0 aliphatic carbocycles. The fourth-order valence-corrected chi connectivity index (χ4v) is 1.16. The molecule has 0 aliphatic rings. The summed E-state index contributed by atoms with van der Waals surface area (Å²) in [6, 6.07) is 4.62. The van der Waals surface area contributed by atoms with Gasteiger partial charge in [-0.2, -0.15) is 4.98 Å². The van der Waals surface area contributed by atoms with Crippen LogP contribution in [0.5, 0.6) is 0 Å². The highest BCUT2D eigenvalue weighted by Gasteiger charge is 2.04. The van der Waals surface area contributed by atoms with Gasteiger partial charge in [0.15, 0.2) is 0 Å². The van der Waals surface area contributed by atoms with Crippen molar-refractivity contribution < 1.29 is 8.91 Å². The maximum absolute atomic E-state index is 12.9. The minimum absolute atomic E-state index is 0.292. The molecule has 4 heteroatoms. The zero-order valence-corrected chi connectivity index (χ0v) is 6.99. The number of nitrogens with zero attached hydrogens (tertiary/aromatic N) is 2. The van der Waals surface area contributed by atoms with Gasteiger partial charge in [-0.1, -0.05) is 5.16 Å². The van der Waals surface area contributed by atoms with E-state index in [2.05, 4.69) is 14.7 Å². The molecule has 0 amide bonds. The minimum atomic E-state index is -0.292. The first-order chi connectivity index (χ1) is 6.25. The number of aromatic nitrogens is 2. The second kappa shape index (κ2) is 2.97. The van der Waals surface area contributed by atoms with E-state index in [1.165, 1.54) is 18.5 Å². The van der Waals surface area contributed by atoms with E-state index in [4.69, 9.17) is 0 Å². The van der Waals surface area contributed by atoms with Crippen molar-refractivity contribution in [2.75, 3.05) is 0 Å². The lowest BCUT2D eigenvalue weighted by molar-refractivity contribution is 0.418. The number of halogens is 1. The maximum atomic E-state index is 12.9. The highest BCUT2D eigenvalue weighted by Crippen LogP contribution is 2.17. The molecule has 2 aromatic rings. The Morgan fingerprint density at radius 3 is 2.77 bits per heavy atom. The maximum Gasteiger partial charge on any atom is 0.214 e. The molecule has 0 unspecified atom stereocenters. The Balaban J connectivity index is 2.53. The Labute approximate surface area is 74.2 Å². The summed E-state index contributed by atoms with van der Waals surface area (Å²) < 4.78 is 17.5. The molecule has 0 spiro atoms.